The number of ether oxygens (including phenoxy) is 1. The molecule has 0 amide bonds. The van der Waals surface area contributed by atoms with Crippen LogP contribution in [0.3, 0.4) is 0 Å². The number of benzene rings is 1. The zero-order valence-corrected chi connectivity index (χ0v) is 10.5. The summed E-state index contributed by atoms with van der Waals surface area (Å²) in [6.07, 6.45) is 2.76. The first kappa shape index (κ1) is 13.1. The third kappa shape index (κ3) is 2.71. The van der Waals surface area contributed by atoms with Crippen LogP contribution in [0.25, 0.3) is 5.69 Å². The highest BCUT2D eigenvalue weighted by atomic mass is 16.5. The molecule has 1 aromatic heterocycles. The van der Waals surface area contributed by atoms with E-state index >= 15 is 0 Å². The van der Waals surface area contributed by atoms with Crippen molar-refractivity contribution in [2.45, 2.75) is 0 Å². The van der Waals surface area contributed by atoms with Gasteiger partial charge in [0, 0.05) is 6.20 Å². The molecular formula is C12H9N7O. The number of tetrazole rings is 1. The second-order valence-electron chi connectivity index (χ2n) is 3.56. The summed E-state index contributed by atoms with van der Waals surface area (Å²) in [5, 5.41) is 31.1. The van der Waals surface area contributed by atoms with Gasteiger partial charge < -0.3 is 10.1 Å². The molecule has 2 aromatic rings. The van der Waals surface area contributed by atoms with Crippen LogP contribution in [0.15, 0.2) is 36.3 Å². The Hall–Kier alpha value is -3.39. The van der Waals surface area contributed by atoms with E-state index in [4.69, 9.17) is 15.3 Å². The number of hydrogen-bond acceptors (Lipinski definition) is 7. The van der Waals surface area contributed by atoms with Crippen LogP contribution in [0.1, 0.15) is 0 Å². The Labute approximate surface area is 114 Å². The Bertz CT molecular complexity index is 690. The summed E-state index contributed by atoms with van der Waals surface area (Å²) in [4.78, 5) is 0. The van der Waals surface area contributed by atoms with Crippen LogP contribution in [0.4, 0.5) is 5.69 Å². The van der Waals surface area contributed by atoms with Crippen LogP contribution >= 0.6 is 0 Å². The van der Waals surface area contributed by atoms with Crippen molar-refractivity contribution in [2.75, 3.05) is 12.4 Å². The van der Waals surface area contributed by atoms with Gasteiger partial charge in [-0.05, 0) is 28.6 Å². The summed E-state index contributed by atoms with van der Waals surface area (Å²) >= 11 is 0. The molecular weight excluding hydrogens is 258 g/mol. The Balaban J connectivity index is 2.36. The molecule has 0 saturated carbocycles. The molecule has 1 heterocycles. The zero-order chi connectivity index (χ0) is 14.4. The first-order valence-corrected chi connectivity index (χ1v) is 5.46. The molecule has 20 heavy (non-hydrogen) atoms. The van der Waals surface area contributed by atoms with E-state index in [9.17, 15) is 0 Å². The summed E-state index contributed by atoms with van der Waals surface area (Å²) < 4.78 is 6.67. The van der Waals surface area contributed by atoms with Crippen LogP contribution in [-0.4, -0.2) is 27.3 Å². The lowest BCUT2D eigenvalue weighted by atomic mass is 10.2. The number of anilines is 1. The van der Waals surface area contributed by atoms with E-state index in [-0.39, 0.29) is 5.57 Å². The monoisotopic (exact) mass is 267 g/mol. The van der Waals surface area contributed by atoms with E-state index in [1.807, 2.05) is 0 Å². The van der Waals surface area contributed by atoms with Crippen LogP contribution in [0.2, 0.25) is 0 Å². The average Bonchev–Trinajstić information content (AvgIpc) is 3.02. The van der Waals surface area contributed by atoms with Gasteiger partial charge in [0.15, 0.2) is 0 Å². The van der Waals surface area contributed by atoms with Gasteiger partial charge in [0.1, 0.15) is 29.8 Å². The average molecular weight is 267 g/mol. The van der Waals surface area contributed by atoms with Gasteiger partial charge in [-0.15, -0.1) is 5.10 Å². The van der Waals surface area contributed by atoms with E-state index in [1.165, 1.54) is 24.3 Å². The van der Waals surface area contributed by atoms with E-state index < -0.39 is 0 Å². The van der Waals surface area contributed by atoms with Crippen molar-refractivity contribution in [1.29, 1.82) is 10.5 Å². The minimum absolute atomic E-state index is 0.0418. The smallest absolute Gasteiger partial charge is 0.145 e. The molecule has 0 aliphatic carbocycles. The van der Waals surface area contributed by atoms with Gasteiger partial charge in [0.05, 0.1) is 18.5 Å². The fourth-order valence-corrected chi connectivity index (χ4v) is 1.47. The van der Waals surface area contributed by atoms with Crippen molar-refractivity contribution < 1.29 is 4.74 Å². The lowest BCUT2D eigenvalue weighted by molar-refractivity contribution is 0.416. The fourth-order valence-electron chi connectivity index (χ4n) is 1.47. The summed E-state index contributed by atoms with van der Waals surface area (Å²) in [6.45, 7) is 0. The maximum atomic E-state index is 8.69. The van der Waals surface area contributed by atoms with E-state index in [0.717, 1.165) is 0 Å². The predicted molar refractivity (Wildman–Crippen MR) is 68.6 cm³/mol. The van der Waals surface area contributed by atoms with Crippen LogP contribution in [0, 0.1) is 22.7 Å². The maximum absolute atomic E-state index is 8.69. The molecule has 0 bridgehead atoms. The molecule has 0 aliphatic rings. The van der Waals surface area contributed by atoms with E-state index in [0.29, 0.717) is 17.1 Å². The van der Waals surface area contributed by atoms with Gasteiger partial charge in [0.25, 0.3) is 0 Å². The van der Waals surface area contributed by atoms with Gasteiger partial charge in [-0.3, -0.25) is 0 Å². The molecule has 98 valence electrons. The SMILES string of the molecule is COc1ccc(-n2cnnn2)cc1NC=C(C#N)C#N. The number of aromatic nitrogens is 4. The van der Waals surface area contributed by atoms with Gasteiger partial charge >= 0.3 is 0 Å². The molecule has 1 aromatic carbocycles. The molecule has 2 rings (SSSR count). The molecule has 8 nitrogen and oxygen atoms in total. The maximum Gasteiger partial charge on any atom is 0.145 e. The number of allylic oxidation sites excluding steroid dienone is 1. The van der Waals surface area contributed by atoms with Gasteiger partial charge in [0.2, 0.25) is 0 Å². The molecule has 0 unspecified atom stereocenters. The minimum atomic E-state index is -0.0418. The molecule has 0 aliphatic heterocycles. The highest BCUT2D eigenvalue weighted by Gasteiger charge is 2.06. The Morgan fingerprint density at radius 1 is 1.40 bits per heavy atom. The van der Waals surface area contributed by atoms with Crippen LogP contribution in [0.5, 0.6) is 5.75 Å². The largest absolute Gasteiger partial charge is 0.495 e. The first-order chi connectivity index (χ1) is 9.78. The van der Waals surface area contributed by atoms with Crippen molar-refractivity contribution in [3.63, 3.8) is 0 Å². The van der Waals surface area contributed by atoms with Gasteiger partial charge in [-0.25, -0.2) is 4.68 Å². The predicted octanol–water partition coefficient (Wildman–Crippen LogP) is 1.01. The lowest BCUT2D eigenvalue weighted by Crippen LogP contribution is -1.99. The summed E-state index contributed by atoms with van der Waals surface area (Å²) in [6, 6.07) is 8.76. The molecule has 0 fully saturated rings. The van der Waals surface area contributed by atoms with E-state index in [1.54, 1.807) is 30.3 Å². The Kier molecular flexibility index (Phi) is 3.90. The van der Waals surface area contributed by atoms with Crippen molar-refractivity contribution in [2.24, 2.45) is 0 Å². The Morgan fingerprint density at radius 3 is 2.80 bits per heavy atom. The molecule has 1 N–H and O–H groups in total. The van der Waals surface area contributed by atoms with Crippen molar-refractivity contribution in [3.8, 4) is 23.6 Å². The highest BCUT2D eigenvalue weighted by molar-refractivity contribution is 5.63. The number of nitrogens with one attached hydrogen (secondary N) is 1. The molecule has 0 radical (unpaired) electrons. The third-order valence-electron chi connectivity index (χ3n) is 2.41. The standard InChI is InChI=1S/C12H9N7O/c1-20-12-3-2-10(19-8-16-17-18-19)4-11(12)15-7-9(5-13)6-14/h2-4,7-8,15H,1H3. The van der Waals surface area contributed by atoms with Gasteiger partial charge in [-0.2, -0.15) is 10.5 Å². The molecule has 8 heteroatoms. The van der Waals surface area contributed by atoms with E-state index in [2.05, 4.69) is 20.8 Å². The topological polar surface area (TPSA) is 112 Å². The lowest BCUT2D eigenvalue weighted by Gasteiger charge is -2.10. The number of nitriles is 2. The summed E-state index contributed by atoms with van der Waals surface area (Å²) in [7, 11) is 1.52. The van der Waals surface area contributed by atoms with Gasteiger partial charge in [-0.1, -0.05) is 0 Å². The Morgan fingerprint density at radius 2 is 2.20 bits per heavy atom. The van der Waals surface area contributed by atoms with Crippen molar-refractivity contribution >= 4 is 5.69 Å². The van der Waals surface area contributed by atoms with Crippen molar-refractivity contribution in [3.05, 3.63) is 36.3 Å². The fraction of sp³-hybridized carbons (Fsp3) is 0.0833. The summed E-state index contributed by atoms with van der Waals surface area (Å²) in [5.41, 5.74) is 1.26. The first-order valence-electron chi connectivity index (χ1n) is 5.46. The number of methoxy groups -OCH3 is 1. The normalized spacial score (nSPS) is 9.15. The zero-order valence-electron chi connectivity index (χ0n) is 10.5. The number of nitrogens with zero attached hydrogens (tertiary/aromatic N) is 6. The molecule has 0 atom stereocenters. The second kappa shape index (κ2) is 5.98. The minimum Gasteiger partial charge on any atom is -0.495 e. The third-order valence-corrected chi connectivity index (χ3v) is 2.41. The molecule has 0 saturated heterocycles. The number of rotatable bonds is 4. The number of hydrogen-bond donors (Lipinski definition) is 1. The molecule has 0 spiro atoms. The second-order valence-corrected chi connectivity index (χ2v) is 3.56. The van der Waals surface area contributed by atoms with Crippen molar-refractivity contribution in [1.82, 2.24) is 20.2 Å². The summed E-state index contributed by atoms with van der Waals surface area (Å²) in [5.74, 6) is 0.563. The van der Waals surface area contributed by atoms with Crippen LogP contribution in [-0.2, 0) is 0 Å². The quantitative estimate of drug-likeness (QED) is 0.822. The van der Waals surface area contributed by atoms with Crippen LogP contribution < -0.4 is 10.1 Å². The highest BCUT2D eigenvalue weighted by Crippen LogP contribution is 2.26.